The zero-order valence-electron chi connectivity index (χ0n) is 9.47. The highest BCUT2D eigenvalue weighted by molar-refractivity contribution is 4.30. The molecule has 0 aromatic heterocycles. The Kier molecular flexibility index (Phi) is 21.1. The molecular weight excluding hydrogens is 168 g/mol. The van der Waals surface area contributed by atoms with Crippen LogP contribution in [0.15, 0.2) is 0 Å². The van der Waals surface area contributed by atoms with Gasteiger partial charge in [-0.25, -0.2) is 0 Å². The zero-order chi connectivity index (χ0) is 10.4. The fourth-order valence-electron chi connectivity index (χ4n) is 0.611. The molecule has 0 aliphatic heterocycles. The smallest absolute Gasteiger partial charge is 0.0700 e. The molecule has 0 aliphatic carbocycles. The van der Waals surface area contributed by atoms with E-state index >= 15 is 0 Å². The van der Waals surface area contributed by atoms with Crippen molar-refractivity contribution in [2.75, 3.05) is 40.6 Å². The van der Waals surface area contributed by atoms with Crippen LogP contribution >= 0.6 is 0 Å². The first-order chi connectivity index (χ1) is 6.33. The normalized spacial score (nSPS) is 9.23. The van der Waals surface area contributed by atoms with Gasteiger partial charge in [0.2, 0.25) is 0 Å². The molecular formula is C10H24O3. The van der Waals surface area contributed by atoms with E-state index in [0.29, 0.717) is 0 Å². The molecule has 0 amide bonds. The fraction of sp³-hybridized carbons (Fsp3) is 1.00. The van der Waals surface area contributed by atoms with Crippen LogP contribution in [-0.2, 0) is 14.2 Å². The van der Waals surface area contributed by atoms with Gasteiger partial charge < -0.3 is 14.2 Å². The van der Waals surface area contributed by atoms with E-state index in [2.05, 4.69) is 18.6 Å². The third-order valence-corrected chi connectivity index (χ3v) is 1.07. The van der Waals surface area contributed by atoms with Crippen molar-refractivity contribution in [1.82, 2.24) is 0 Å². The van der Waals surface area contributed by atoms with Crippen LogP contribution in [0.5, 0.6) is 0 Å². The predicted molar refractivity (Wildman–Crippen MR) is 55.2 cm³/mol. The summed E-state index contributed by atoms with van der Waals surface area (Å²) < 4.78 is 14.7. The number of hydrogen-bond donors (Lipinski definition) is 0. The summed E-state index contributed by atoms with van der Waals surface area (Å²) in [6.45, 7) is 7.41. The van der Waals surface area contributed by atoms with Gasteiger partial charge in [0.05, 0.1) is 13.2 Å². The summed E-state index contributed by atoms with van der Waals surface area (Å²) >= 11 is 0. The van der Waals surface area contributed by atoms with Crippen LogP contribution < -0.4 is 0 Å². The molecule has 0 atom stereocenters. The lowest BCUT2D eigenvalue weighted by molar-refractivity contribution is 0.0483. The highest BCUT2D eigenvalue weighted by Crippen LogP contribution is 1.83. The Balaban J connectivity index is 0. The molecule has 0 heterocycles. The van der Waals surface area contributed by atoms with E-state index < -0.39 is 0 Å². The van der Waals surface area contributed by atoms with Crippen LogP contribution in [-0.4, -0.2) is 40.6 Å². The van der Waals surface area contributed by atoms with E-state index in [1.54, 1.807) is 14.2 Å². The van der Waals surface area contributed by atoms with Crippen LogP contribution in [0.2, 0.25) is 0 Å². The summed E-state index contributed by atoms with van der Waals surface area (Å²) in [6, 6.07) is 0. The van der Waals surface area contributed by atoms with E-state index in [-0.39, 0.29) is 0 Å². The molecule has 3 nitrogen and oxygen atoms in total. The number of rotatable bonds is 7. The number of hydrogen-bond acceptors (Lipinski definition) is 3. The number of methoxy groups -OCH3 is 1. The molecule has 0 saturated heterocycles. The van der Waals surface area contributed by atoms with Crippen LogP contribution in [0.4, 0.5) is 0 Å². The van der Waals surface area contributed by atoms with Gasteiger partial charge in [-0.15, -0.1) is 0 Å². The summed E-state index contributed by atoms with van der Waals surface area (Å²) in [5, 5.41) is 0. The summed E-state index contributed by atoms with van der Waals surface area (Å²) in [7, 11) is 3.25. The van der Waals surface area contributed by atoms with Crippen LogP contribution in [0.3, 0.4) is 0 Å². The summed E-state index contributed by atoms with van der Waals surface area (Å²) in [5.74, 6) is 0. The first kappa shape index (κ1) is 15.4. The van der Waals surface area contributed by atoms with Gasteiger partial charge in [-0.3, -0.25) is 0 Å². The first-order valence-corrected chi connectivity index (χ1v) is 4.89. The van der Waals surface area contributed by atoms with Gasteiger partial charge in [-0.05, 0) is 12.8 Å². The molecule has 0 fully saturated rings. The summed E-state index contributed by atoms with van der Waals surface area (Å²) in [5.41, 5.74) is 0. The molecule has 0 unspecified atom stereocenters. The lowest BCUT2D eigenvalue weighted by atomic mass is 10.5. The standard InChI is InChI=1S/C8H18O2.C2H6O/c1-3-5-9-7-8-10-6-4-2;1-3-2/h3-8H2,1-2H3;1-2H3. The maximum atomic E-state index is 5.20. The van der Waals surface area contributed by atoms with Gasteiger partial charge in [-0.2, -0.15) is 0 Å². The highest BCUT2D eigenvalue weighted by Gasteiger charge is 1.85. The molecule has 0 aromatic rings. The monoisotopic (exact) mass is 192 g/mol. The first-order valence-electron chi connectivity index (χ1n) is 4.89. The van der Waals surface area contributed by atoms with Crippen LogP contribution in [0, 0.1) is 0 Å². The predicted octanol–water partition coefficient (Wildman–Crippen LogP) is 2.10. The van der Waals surface area contributed by atoms with Gasteiger partial charge >= 0.3 is 0 Å². The lowest BCUT2D eigenvalue weighted by Crippen LogP contribution is -2.04. The quantitative estimate of drug-likeness (QED) is 0.578. The average Bonchev–Trinajstić information content (AvgIpc) is 2.13. The van der Waals surface area contributed by atoms with Gasteiger partial charge in [0, 0.05) is 27.4 Å². The topological polar surface area (TPSA) is 27.7 Å². The second-order valence-electron chi connectivity index (χ2n) is 2.63. The molecule has 0 bridgehead atoms. The van der Waals surface area contributed by atoms with Crippen molar-refractivity contribution >= 4 is 0 Å². The highest BCUT2D eigenvalue weighted by atomic mass is 16.5. The second-order valence-corrected chi connectivity index (χ2v) is 2.63. The Bertz CT molecular complexity index is 59.2. The summed E-state index contributed by atoms with van der Waals surface area (Å²) in [6.07, 6.45) is 2.18. The van der Waals surface area contributed by atoms with E-state index in [1.807, 2.05) is 0 Å². The largest absolute Gasteiger partial charge is 0.388 e. The Hall–Kier alpha value is -0.120. The minimum absolute atomic E-state index is 0.744. The van der Waals surface area contributed by atoms with Crippen molar-refractivity contribution in [3.8, 4) is 0 Å². The van der Waals surface area contributed by atoms with Crippen molar-refractivity contribution in [3.63, 3.8) is 0 Å². The molecule has 0 rings (SSSR count). The molecule has 0 aromatic carbocycles. The molecule has 0 saturated carbocycles. The molecule has 0 N–H and O–H groups in total. The van der Waals surface area contributed by atoms with Crippen molar-refractivity contribution in [1.29, 1.82) is 0 Å². The zero-order valence-corrected chi connectivity index (χ0v) is 9.47. The number of ether oxygens (including phenoxy) is 3. The summed E-state index contributed by atoms with van der Waals surface area (Å²) in [4.78, 5) is 0. The minimum Gasteiger partial charge on any atom is -0.388 e. The third kappa shape index (κ3) is 24.5. The molecule has 0 radical (unpaired) electrons. The van der Waals surface area contributed by atoms with Gasteiger partial charge in [-0.1, -0.05) is 13.8 Å². The van der Waals surface area contributed by atoms with E-state index in [1.165, 1.54) is 0 Å². The molecule has 82 valence electrons. The Morgan fingerprint density at radius 1 is 0.692 bits per heavy atom. The molecule has 0 aliphatic rings. The van der Waals surface area contributed by atoms with Gasteiger partial charge in [0.25, 0.3) is 0 Å². The average molecular weight is 192 g/mol. The van der Waals surface area contributed by atoms with Crippen molar-refractivity contribution in [3.05, 3.63) is 0 Å². The van der Waals surface area contributed by atoms with E-state index in [0.717, 1.165) is 39.3 Å². The Morgan fingerprint density at radius 2 is 1.00 bits per heavy atom. The van der Waals surface area contributed by atoms with Gasteiger partial charge in [0.1, 0.15) is 0 Å². The van der Waals surface area contributed by atoms with Gasteiger partial charge in [0.15, 0.2) is 0 Å². The SMILES string of the molecule is CCCOCCOCCC.COC. The maximum Gasteiger partial charge on any atom is 0.0700 e. The minimum atomic E-state index is 0.744. The Morgan fingerprint density at radius 3 is 1.23 bits per heavy atom. The van der Waals surface area contributed by atoms with Crippen molar-refractivity contribution in [2.45, 2.75) is 26.7 Å². The second kappa shape index (κ2) is 17.8. The fourth-order valence-corrected chi connectivity index (χ4v) is 0.611. The molecule has 3 heteroatoms. The van der Waals surface area contributed by atoms with Crippen molar-refractivity contribution in [2.24, 2.45) is 0 Å². The molecule has 13 heavy (non-hydrogen) atoms. The van der Waals surface area contributed by atoms with E-state index in [9.17, 15) is 0 Å². The van der Waals surface area contributed by atoms with Crippen LogP contribution in [0.1, 0.15) is 26.7 Å². The van der Waals surface area contributed by atoms with Crippen LogP contribution in [0.25, 0.3) is 0 Å². The lowest BCUT2D eigenvalue weighted by Gasteiger charge is -2.02. The van der Waals surface area contributed by atoms with Crippen molar-refractivity contribution < 1.29 is 14.2 Å². The maximum absolute atomic E-state index is 5.20. The Labute approximate surface area is 82.4 Å². The van der Waals surface area contributed by atoms with E-state index in [4.69, 9.17) is 9.47 Å². The third-order valence-electron chi connectivity index (χ3n) is 1.07. The molecule has 0 spiro atoms.